The molecule has 0 amide bonds. The molecule has 0 spiro atoms. The van der Waals surface area contributed by atoms with Gasteiger partial charge in [-0.25, -0.2) is 4.68 Å². The van der Waals surface area contributed by atoms with E-state index in [0.717, 1.165) is 33.5 Å². The molecule has 4 nitrogen and oxygen atoms in total. The van der Waals surface area contributed by atoms with Gasteiger partial charge >= 0.3 is 0 Å². The van der Waals surface area contributed by atoms with Crippen molar-refractivity contribution >= 4 is 0 Å². The molecule has 0 saturated heterocycles. The Kier molecular flexibility index (Phi) is 5.94. The molecule has 1 radical (unpaired) electrons. The fourth-order valence-electron chi connectivity index (χ4n) is 3.51. The maximum absolute atomic E-state index is 4.35. The average molecular weight is 566 g/mol. The summed E-state index contributed by atoms with van der Waals surface area (Å²) >= 11 is 0. The molecule has 0 aliphatic rings. The van der Waals surface area contributed by atoms with Gasteiger partial charge in [-0.3, -0.25) is 0 Å². The molecule has 5 heteroatoms. The van der Waals surface area contributed by atoms with Crippen LogP contribution in [-0.2, 0) is 20.1 Å². The van der Waals surface area contributed by atoms with Crippen LogP contribution in [0.3, 0.4) is 0 Å². The Morgan fingerprint density at radius 2 is 1.23 bits per heavy atom. The number of benzene rings is 4. The van der Waals surface area contributed by atoms with E-state index in [1.165, 1.54) is 0 Å². The van der Waals surface area contributed by atoms with Crippen LogP contribution in [0.25, 0.3) is 39.3 Å². The Balaban J connectivity index is 0.00000218. The zero-order valence-electron chi connectivity index (χ0n) is 15.9. The van der Waals surface area contributed by atoms with Crippen LogP contribution in [0.15, 0.2) is 103 Å². The van der Waals surface area contributed by atoms with Gasteiger partial charge in [0.2, 0.25) is 0 Å². The van der Waals surface area contributed by atoms with Crippen molar-refractivity contribution in [3.8, 4) is 39.3 Å². The number of nitrogens with zero attached hydrogens (tertiary/aromatic N) is 4. The number of aromatic nitrogens is 4. The van der Waals surface area contributed by atoms with Crippen molar-refractivity contribution in [2.24, 2.45) is 0 Å². The Morgan fingerprint density at radius 1 is 0.633 bits per heavy atom. The second-order valence-electron chi connectivity index (χ2n) is 6.62. The molecular weight excluding hydrogens is 549 g/mol. The van der Waals surface area contributed by atoms with Gasteiger partial charge in [0.05, 0.1) is 5.69 Å². The van der Waals surface area contributed by atoms with Crippen LogP contribution in [0.2, 0.25) is 0 Å². The van der Waals surface area contributed by atoms with Crippen LogP contribution < -0.4 is 0 Å². The van der Waals surface area contributed by atoms with Crippen LogP contribution in [0.4, 0.5) is 0 Å². The van der Waals surface area contributed by atoms with E-state index in [4.69, 9.17) is 0 Å². The van der Waals surface area contributed by atoms with E-state index in [1.54, 1.807) is 4.68 Å². The van der Waals surface area contributed by atoms with E-state index < -0.39 is 0 Å². The van der Waals surface area contributed by atoms with Gasteiger partial charge in [-0.15, -0.1) is 24.3 Å². The first-order valence-electron chi connectivity index (χ1n) is 9.41. The van der Waals surface area contributed by atoms with E-state index >= 15 is 0 Å². The first-order valence-corrected chi connectivity index (χ1v) is 9.41. The number of para-hydroxylation sites is 1. The van der Waals surface area contributed by atoms with Gasteiger partial charge in [-0.05, 0) is 22.1 Å². The molecule has 147 valence electrons. The second-order valence-corrected chi connectivity index (χ2v) is 6.62. The normalized spacial score (nSPS) is 10.4. The predicted molar refractivity (Wildman–Crippen MR) is 114 cm³/mol. The molecule has 0 fully saturated rings. The molecule has 4 aromatic carbocycles. The summed E-state index contributed by atoms with van der Waals surface area (Å²) in [6.45, 7) is 0. The van der Waals surface area contributed by atoms with Crippen molar-refractivity contribution in [1.29, 1.82) is 0 Å². The minimum absolute atomic E-state index is 0. The maximum Gasteiger partial charge on any atom is 0.104 e. The zero-order chi connectivity index (χ0) is 19.5. The van der Waals surface area contributed by atoms with Gasteiger partial charge in [0.15, 0.2) is 0 Å². The Labute approximate surface area is 188 Å². The van der Waals surface area contributed by atoms with Crippen LogP contribution in [-0.4, -0.2) is 20.2 Å². The molecule has 0 atom stereocenters. The quantitative estimate of drug-likeness (QED) is 0.272. The standard InChI is InChI=1S/C25H17N4.Ir/c1-3-11-19(12-4-1)21-15-7-8-17-23(21)25-26-27-28-29(25)24-18-10-9-16-22(24)20-13-5-2-6-14-20;/h1-16,18H;/q-1;. The third kappa shape index (κ3) is 3.73. The third-order valence-electron chi connectivity index (χ3n) is 4.85. The minimum atomic E-state index is 0. The summed E-state index contributed by atoms with van der Waals surface area (Å²) in [4.78, 5) is 0. The minimum Gasteiger partial charge on any atom is -0.233 e. The second kappa shape index (κ2) is 8.95. The molecule has 0 unspecified atom stereocenters. The summed E-state index contributed by atoms with van der Waals surface area (Å²) in [5.41, 5.74) is 6.12. The summed E-state index contributed by atoms with van der Waals surface area (Å²) in [5, 5.41) is 12.7. The van der Waals surface area contributed by atoms with Crippen LogP contribution >= 0.6 is 0 Å². The number of tetrazole rings is 1. The fraction of sp³-hybridized carbons (Fsp3) is 0. The van der Waals surface area contributed by atoms with Crippen LogP contribution in [0.5, 0.6) is 0 Å². The summed E-state index contributed by atoms with van der Waals surface area (Å²) in [7, 11) is 0. The monoisotopic (exact) mass is 566 g/mol. The van der Waals surface area contributed by atoms with Crippen molar-refractivity contribution in [3.63, 3.8) is 0 Å². The van der Waals surface area contributed by atoms with E-state index in [0.29, 0.717) is 5.82 Å². The first kappa shape index (κ1) is 19.9. The largest absolute Gasteiger partial charge is 0.233 e. The van der Waals surface area contributed by atoms with Crippen molar-refractivity contribution in [2.45, 2.75) is 0 Å². The van der Waals surface area contributed by atoms with Gasteiger partial charge < -0.3 is 0 Å². The Morgan fingerprint density at radius 3 is 1.97 bits per heavy atom. The average Bonchev–Trinajstić information content (AvgIpc) is 3.30. The smallest absolute Gasteiger partial charge is 0.104 e. The van der Waals surface area contributed by atoms with Crippen molar-refractivity contribution in [1.82, 2.24) is 20.2 Å². The van der Waals surface area contributed by atoms with Crippen molar-refractivity contribution < 1.29 is 20.1 Å². The molecule has 0 bridgehead atoms. The van der Waals surface area contributed by atoms with Gasteiger partial charge in [0, 0.05) is 25.7 Å². The SMILES string of the molecule is [Ir].[c-]1cccc(-c2ccccc2)c1-c1nnnn1-c1ccccc1-c1ccccc1. The summed E-state index contributed by atoms with van der Waals surface area (Å²) in [6.07, 6.45) is 0. The van der Waals surface area contributed by atoms with Gasteiger partial charge in [-0.2, -0.15) is 5.10 Å². The molecule has 5 rings (SSSR count). The first-order chi connectivity index (χ1) is 14.4. The van der Waals surface area contributed by atoms with E-state index in [1.807, 2.05) is 66.7 Å². The number of hydrogen-bond donors (Lipinski definition) is 0. The zero-order valence-corrected chi connectivity index (χ0v) is 18.3. The van der Waals surface area contributed by atoms with Crippen molar-refractivity contribution in [2.75, 3.05) is 0 Å². The summed E-state index contributed by atoms with van der Waals surface area (Å²) < 4.78 is 1.79. The van der Waals surface area contributed by atoms with Gasteiger partial charge in [0.25, 0.3) is 0 Å². The molecule has 0 aliphatic carbocycles. The third-order valence-corrected chi connectivity index (χ3v) is 4.85. The molecule has 1 aromatic heterocycles. The molecule has 0 saturated carbocycles. The van der Waals surface area contributed by atoms with E-state index in [-0.39, 0.29) is 20.1 Å². The maximum atomic E-state index is 4.35. The van der Waals surface area contributed by atoms with E-state index in [2.05, 4.69) is 58.0 Å². The Hall–Kier alpha value is -3.40. The van der Waals surface area contributed by atoms with Crippen LogP contribution in [0, 0.1) is 6.07 Å². The van der Waals surface area contributed by atoms with E-state index in [9.17, 15) is 0 Å². The van der Waals surface area contributed by atoms with Gasteiger partial charge in [-0.1, -0.05) is 95.6 Å². The molecular formula is C25H17IrN4-. The molecule has 1 heterocycles. The van der Waals surface area contributed by atoms with Gasteiger partial charge in [0.1, 0.15) is 5.82 Å². The molecule has 5 aromatic rings. The predicted octanol–water partition coefficient (Wildman–Crippen LogP) is 5.46. The fourth-order valence-corrected chi connectivity index (χ4v) is 3.51. The Bertz CT molecular complexity index is 1150. The van der Waals surface area contributed by atoms with Crippen LogP contribution in [0.1, 0.15) is 0 Å². The summed E-state index contributed by atoms with van der Waals surface area (Å²) in [5.74, 6) is 0.660. The topological polar surface area (TPSA) is 43.6 Å². The molecule has 0 aliphatic heterocycles. The summed E-state index contributed by atoms with van der Waals surface area (Å²) in [6, 6.07) is 37.9. The number of rotatable bonds is 4. The molecule has 30 heavy (non-hydrogen) atoms. The number of hydrogen-bond acceptors (Lipinski definition) is 3. The van der Waals surface area contributed by atoms with Crippen molar-refractivity contribution in [3.05, 3.63) is 109 Å². The molecule has 0 N–H and O–H groups in total.